The average molecular weight is 224 g/mol. The third-order valence-electron chi connectivity index (χ3n) is 3.05. The standard InChI is InChI=1S/C11H16N2OS/c1-9-6-13(4-3-12(9)2)10-5-11(7-14)15-8-10/h5,7-9H,3-4,6H2,1-2H3. The quantitative estimate of drug-likeness (QED) is 0.714. The maximum Gasteiger partial charge on any atom is 0.160 e. The number of nitrogens with zero attached hydrogens (tertiary/aromatic N) is 2. The van der Waals surface area contributed by atoms with Crippen LogP contribution in [-0.2, 0) is 0 Å². The zero-order valence-electron chi connectivity index (χ0n) is 9.14. The zero-order chi connectivity index (χ0) is 10.8. The summed E-state index contributed by atoms with van der Waals surface area (Å²) in [4.78, 5) is 16.1. The second-order valence-corrected chi connectivity index (χ2v) is 5.04. The lowest BCUT2D eigenvalue weighted by Gasteiger charge is -2.38. The van der Waals surface area contributed by atoms with E-state index < -0.39 is 0 Å². The molecule has 1 aromatic rings. The Hall–Kier alpha value is -0.870. The van der Waals surface area contributed by atoms with Crippen LogP contribution in [0.2, 0.25) is 0 Å². The van der Waals surface area contributed by atoms with E-state index in [1.807, 2.05) is 6.07 Å². The Bertz CT molecular complexity index is 350. The van der Waals surface area contributed by atoms with Crippen molar-refractivity contribution in [2.75, 3.05) is 31.6 Å². The lowest BCUT2D eigenvalue weighted by atomic mass is 10.2. The number of rotatable bonds is 2. The third-order valence-corrected chi connectivity index (χ3v) is 3.89. The zero-order valence-corrected chi connectivity index (χ0v) is 9.96. The van der Waals surface area contributed by atoms with Gasteiger partial charge in [-0.15, -0.1) is 11.3 Å². The Morgan fingerprint density at radius 2 is 2.33 bits per heavy atom. The second-order valence-electron chi connectivity index (χ2n) is 4.10. The number of piperazine rings is 1. The molecule has 0 radical (unpaired) electrons. The van der Waals surface area contributed by atoms with Gasteiger partial charge in [-0.25, -0.2) is 0 Å². The number of aldehydes is 1. The Labute approximate surface area is 94.3 Å². The molecule has 0 saturated carbocycles. The van der Waals surface area contributed by atoms with Crippen LogP contribution in [-0.4, -0.2) is 43.9 Å². The van der Waals surface area contributed by atoms with Gasteiger partial charge in [0, 0.05) is 36.7 Å². The highest BCUT2D eigenvalue weighted by molar-refractivity contribution is 7.12. The lowest BCUT2D eigenvalue weighted by Crippen LogP contribution is -2.50. The van der Waals surface area contributed by atoms with E-state index in [4.69, 9.17) is 0 Å². The van der Waals surface area contributed by atoms with Gasteiger partial charge in [0.25, 0.3) is 0 Å². The number of hydrogen-bond acceptors (Lipinski definition) is 4. The molecule has 82 valence electrons. The minimum absolute atomic E-state index is 0.582. The van der Waals surface area contributed by atoms with Crippen LogP contribution in [0.15, 0.2) is 11.4 Å². The van der Waals surface area contributed by atoms with Crippen molar-refractivity contribution >= 4 is 23.3 Å². The summed E-state index contributed by atoms with van der Waals surface area (Å²) < 4.78 is 0. The van der Waals surface area contributed by atoms with Gasteiger partial charge in [-0.1, -0.05) is 0 Å². The molecule has 15 heavy (non-hydrogen) atoms. The third kappa shape index (κ3) is 2.21. The van der Waals surface area contributed by atoms with E-state index in [1.54, 1.807) is 0 Å². The first-order valence-corrected chi connectivity index (χ1v) is 6.07. The molecule has 1 aromatic heterocycles. The molecule has 1 atom stereocenters. The van der Waals surface area contributed by atoms with E-state index in [1.165, 1.54) is 17.0 Å². The summed E-state index contributed by atoms with van der Waals surface area (Å²) >= 11 is 1.52. The fourth-order valence-electron chi connectivity index (χ4n) is 1.85. The molecule has 1 fully saturated rings. The van der Waals surface area contributed by atoms with E-state index in [9.17, 15) is 4.79 Å². The molecule has 1 aliphatic heterocycles. The molecule has 1 unspecified atom stereocenters. The minimum atomic E-state index is 0.582. The van der Waals surface area contributed by atoms with Gasteiger partial charge in [-0.3, -0.25) is 4.79 Å². The van der Waals surface area contributed by atoms with Gasteiger partial charge in [0.2, 0.25) is 0 Å². The highest BCUT2D eigenvalue weighted by Crippen LogP contribution is 2.24. The molecular formula is C11H16N2OS. The van der Waals surface area contributed by atoms with Crippen molar-refractivity contribution < 1.29 is 4.79 Å². The minimum Gasteiger partial charge on any atom is -0.368 e. The molecule has 0 aliphatic carbocycles. The Balaban J connectivity index is 2.08. The van der Waals surface area contributed by atoms with Gasteiger partial charge < -0.3 is 9.80 Å². The van der Waals surface area contributed by atoms with Gasteiger partial charge in [0.15, 0.2) is 6.29 Å². The lowest BCUT2D eigenvalue weighted by molar-refractivity contribution is 0.112. The van der Waals surface area contributed by atoms with Crippen molar-refractivity contribution in [3.63, 3.8) is 0 Å². The molecular weight excluding hydrogens is 208 g/mol. The largest absolute Gasteiger partial charge is 0.368 e. The number of likely N-dealkylation sites (N-methyl/N-ethyl adjacent to an activating group) is 1. The summed E-state index contributed by atoms with van der Waals surface area (Å²) in [5.74, 6) is 0. The van der Waals surface area contributed by atoms with Crippen LogP contribution in [0.4, 0.5) is 5.69 Å². The van der Waals surface area contributed by atoms with Crippen molar-refractivity contribution in [1.29, 1.82) is 0 Å². The summed E-state index contributed by atoms with van der Waals surface area (Å²) in [6, 6.07) is 2.56. The molecule has 2 heterocycles. The Morgan fingerprint density at radius 1 is 1.53 bits per heavy atom. The average Bonchev–Trinajstić information content (AvgIpc) is 2.70. The van der Waals surface area contributed by atoms with Crippen molar-refractivity contribution in [1.82, 2.24) is 4.90 Å². The monoisotopic (exact) mass is 224 g/mol. The van der Waals surface area contributed by atoms with Crippen LogP contribution in [0, 0.1) is 0 Å². The molecule has 0 amide bonds. The molecule has 3 nitrogen and oxygen atoms in total. The van der Waals surface area contributed by atoms with Crippen molar-refractivity contribution in [2.24, 2.45) is 0 Å². The predicted octanol–water partition coefficient (Wildman–Crippen LogP) is 1.70. The van der Waals surface area contributed by atoms with E-state index in [-0.39, 0.29) is 0 Å². The predicted molar refractivity (Wildman–Crippen MR) is 64.0 cm³/mol. The highest BCUT2D eigenvalue weighted by atomic mass is 32.1. The van der Waals surface area contributed by atoms with E-state index in [0.717, 1.165) is 30.8 Å². The molecule has 0 spiro atoms. The van der Waals surface area contributed by atoms with Gasteiger partial charge in [0.1, 0.15) is 0 Å². The highest BCUT2D eigenvalue weighted by Gasteiger charge is 2.21. The van der Waals surface area contributed by atoms with Crippen LogP contribution in [0.5, 0.6) is 0 Å². The number of carbonyl (C=O) groups excluding carboxylic acids is 1. The van der Waals surface area contributed by atoms with E-state index in [0.29, 0.717) is 6.04 Å². The summed E-state index contributed by atoms with van der Waals surface area (Å²) in [6.07, 6.45) is 0.924. The first-order valence-electron chi connectivity index (χ1n) is 5.19. The number of thiophene rings is 1. The summed E-state index contributed by atoms with van der Waals surface area (Å²) in [5.41, 5.74) is 1.20. The molecule has 0 aromatic carbocycles. The molecule has 0 N–H and O–H groups in total. The first kappa shape index (κ1) is 10.6. The molecule has 1 aliphatic rings. The Kier molecular flexibility index (Phi) is 3.07. The van der Waals surface area contributed by atoms with Gasteiger partial charge >= 0.3 is 0 Å². The summed E-state index contributed by atoms with van der Waals surface area (Å²) in [5, 5.41) is 2.07. The SMILES string of the molecule is CC1CN(c2csc(C=O)c2)CCN1C. The smallest absolute Gasteiger partial charge is 0.160 e. The topological polar surface area (TPSA) is 23.6 Å². The number of anilines is 1. The molecule has 2 rings (SSSR count). The molecule has 1 saturated heterocycles. The van der Waals surface area contributed by atoms with E-state index >= 15 is 0 Å². The first-order chi connectivity index (χ1) is 7.20. The normalized spacial score (nSPS) is 23.1. The fourth-order valence-corrected chi connectivity index (χ4v) is 2.57. The van der Waals surface area contributed by atoms with E-state index in [2.05, 4.69) is 29.2 Å². The second kappa shape index (κ2) is 4.33. The maximum absolute atomic E-state index is 10.6. The van der Waals surface area contributed by atoms with Crippen LogP contribution in [0.1, 0.15) is 16.6 Å². The van der Waals surface area contributed by atoms with Crippen LogP contribution in [0.3, 0.4) is 0 Å². The fraction of sp³-hybridized carbons (Fsp3) is 0.545. The Morgan fingerprint density at radius 3 is 2.93 bits per heavy atom. The van der Waals surface area contributed by atoms with Crippen LogP contribution >= 0.6 is 11.3 Å². The van der Waals surface area contributed by atoms with Gasteiger partial charge in [-0.05, 0) is 20.0 Å². The number of carbonyl (C=O) groups is 1. The molecule has 0 bridgehead atoms. The maximum atomic E-state index is 10.6. The van der Waals surface area contributed by atoms with Crippen LogP contribution in [0.25, 0.3) is 0 Å². The molecule has 4 heteroatoms. The van der Waals surface area contributed by atoms with Gasteiger partial charge in [-0.2, -0.15) is 0 Å². The van der Waals surface area contributed by atoms with Crippen molar-refractivity contribution in [2.45, 2.75) is 13.0 Å². The summed E-state index contributed by atoms with van der Waals surface area (Å²) in [6.45, 7) is 5.42. The van der Waals surface area contributed by atoms with Gasteiger partial charge in [0.05, 0.1) is 4.88 Å². The summed E-state index contributed by atoms with van der Waals surface area (Å²) in [7, 11) is 2.16. The van der Waals surface area contributed by atoms with Crippen molar-refractivity contribution in [3.8, 4) is 0 Å². The van der Waals surface area contributed by atoms with Crippen molar-refractivity contribution in [3.05, 3.63) is 16.3 Å². The van der Waals surface area contributed by atoms with Crippen LogP contribution < -0.4 is 4.90 Å². The number of hydrogen-bond donors (Lipinski definition) is 0.